The zero-order chi connectivity index (χ0) is 13.1. The van der Waals surface area contributed by atoms with Crippen molar-refractivity contribution in [2.45, 2.75) is 6.92 Å². The number of ether oxygens (including phenoxy) is 1. The summed E-state index contributed by atoms with van der Waals surface area (Å²) in [4.78, 5) is 20.7. The first kappa shape index (κ1) is 13.0. The molecular formula is C11H10BrN3O2S. The minimum absolute atomic E-state index is 0.237. The number of aromatic nitrogens is 2. The molecule has 0 unspecified atom stereocenters. The Morgan fingerprint density at radius 3 is 2.83 bits per heavy atom. The second kappa shape index (κ2) is 5.45. The molecule has 2 aromatic heterocycles. The van der Waals surface area contributed by atoms with E-state index in [9.17, 15) is 4.79 Å². The van der Waals surface area contributed by atoms with Crippen LogP contribution in [0.1, 0.15) is 15.4 Å². The summed E-state index contributed by atoms with van der Waals surface area (Å²) < 4.78 is 5.92. The van der Waals surface area contributed by atoms with Crippen molar-refractivity contribution >= 4 is 39.1 Å². The Morgan fingerprint density at radius 1 is 1.44 bits per heavy atom. The third kappa shape index (κ3) is 3.05. The van der Waals surface area contributed by atoms with Gasteiger partial charge in [-0.05, 0) is 35.0 Å². The molecule has 5 nitrogen and oxygen atoms in total. The van der Waals surface area contributed by atoms with E-state index >= 15 is 0 Å². The van der Waals surface area contributed by atoms with Gasteiger partial charge in [0.25, 0.3) is 5.91 Å². The van der Waals surface area contributed by atoms with Gasteiger partial charge in [-0.3, -0.25) is 10.1 Å². The predicted octanol–water partition coefficient (Wildman–Crippen LogP) is 2.87. The van der Waals surface area contributed by atoms with Gasteiger partial charge in [-0.2, -0.15) is 4.98 Å². The fourth-order valence-corrected chi connectivity index (χ4v) is 2.58. The summed E-state index contributed by atoms with van der Waals surface area (Å²) in [5.74, 6) is 0.421. The molecule has 0 atom stereocenters. The Kier molecular flexibility index (Phi) is 3.93. The minimum Gasteiger partial charge on any atom is -0.481 e. The molecule has 18 heavy (non-hydrogen) atoms. The van der Waals surface area contributed by atoms with Crippen molar-refractivity contribution in [1.29, 1.82) is 0 Å². The summed E-state index contributed by atoms with van der Waals surface area (Å²) >= 11 is 4.65. The van der Waals surface area contributed by atoms with E-state index in [0.717, 1.165) is 9.48 Å². The number of amides is 1. The molecule has 2 rings (SSSR count). The summed E-state index contributed by atoms with van der Waals surface area (Å²) in [6.07, 6.45) is 0. The minimum atomic E-state index is -0.238. The van der Waals surface area contributed by atoms with Gasteiger partial charge >= 0.3 is 0 Å². The highest BCUT2D eigenvalue weighted by atomic mass is 79.9. The van der Waals surface area contributed by atoms with Gasteiger partial charge in [0.1, 0.15) is 0 Å². The maximum Gasteiger partial charge on any atom is 0.268 e. The molecule has 0 fully saturated rings. The van der Waals surface area contributed by atoms with Crippen molar-refractivity contribution in [2.75, 3.05) is 12.4 Å². The average molecular weight is 328 g/mol. The van der Waals surface area contributed by atoms with Gasteiger partial charge < -0.3 is 4.74 Å². The van der Waals surface area contributed by atoms with Crippen LogP contribution >= 0.6 is 27.3 Å². The Labute approximate surface area is 116 Å². The van der Waals surface area contributed by atoms with Crippen molar-refractivity contribution < 1.29 is 9.53 Å². The van der Waals surface area contributed by atoms with Crippen LogP contribution in [0, 0.1) is 6.92 Å². The van der Waals surface area contributed by atoms with Crippen LogP contribution in [0.4, 0.5) is 5.95 Å². The molecule has 1 amide bonds. The van der Waals surface area contributed by atoms with E-state index in [1.165, 1.54) is 18.4 Å². The van der Waals surface area contributed by atoms with E-state index in [1.807, 2.05) is 13.0 Å². The highest BCUT2D eigenvalue weighted by Gasteiger charge is 2.11. The van der Waals surface area contributed by atoms with Gasteiger partial charge in [-0.15, -0.1) is 11.3 Å². The molecule has 7 heteroatoms. The van der Waals surface area contributed by atoms with Gasteiger partial charge in [-0.25, -0.2) is 4.98 Å². The lowest BCUT2D eigenvalue weighted by molar-refractivity contribution is 0.102. The number of aryl methyl sites for hydroxylation is 1. The van der Waals surface area contributed by atoms with E-state index in [2.05, 4.69) is 31.2 Å². The molecule has 2 aromatic rings. The van der Waals surface area contributed by atoms with Crippen molar-refractivity contribution in [3.63, 3.8) is 0 Å². The Balaban J connectivity index is 2.18. The highest BCUT2D eigenvalue weighted by Crippen LogP contribution is 2.22. The molecule has 0 aliphatic heterocycles. The molecule has 94 valence electrons. The maximum absolute atomic E-state index is 11.9. The third-order valence-corrected chi connectivity index (χ3v) is 3.68. The number of carbonyl (C=O) groups excluding carboxylic acids is 1. The van der Waals surface area contributed by atoms with Crippen LogP contribution in [-0.2, 0) is 0 Å². The van der Waals surface area contributed by atoms with Crippen molar-refractivity contribution in [1.82, 2.24) is 9.97 Å². The molecule has 0 spiro atoms. The average Bonchev–Trinajstić information content (AvgIpc) is 2.75. The number of anilines is 1. The van der Waals surface area contributed by atoms with Crippen LogP contribution in [0.5, 0.6) is 5.88 Å². The van der Waals surface area contributed by atoms with E-state index in [4.69, 9.17) is 4.74 Å². The lowest BCUT2D eigenvalue weighted by atomic mass is 10.4. The SMILES string of the molecule is COc1cc(C)nc(NC(=O)c2ccc(Br)s2)n1. The van der Waals surface area contributed by atoms with Crippen molar-refractivity contribution in [3.8, 4) is 5.88 Å². The summed E-state index contributed by atoms with van der Waals surface area (Å²) in [7, 11) is 1.52. The molecule has 0 saturated carbocycles. The molecule has 0 radical (unpaired) electrons. The summed E-state index contributed by atoms with van der Waals surface area (Å²) in [6.45, 7) is 1.81. The summed E-state index contributed by atoms with van der Waals surface area (Å²) in [5.41, 5.74) is 0.726. The third-order valence-electron chi connectivity index (χ3n) is 2.06. The van der Waals surface area contributed by atoms with Crippen molar-refractivity contribution in [3.05, 3.63) is 32.6 Å². The molecule has 0 saturated heterocycles. The van der Waals surface area contributed by atoms with Crippen LogP contribution in [0.25, 0.3) is 0 Å². The van der Waals surface area contributed by atoms with Crippen molar-refractivity contribution in [2.24, 2.45) is 0 Å². The molecule has 0 aromatic carbocycles. The first-order valence-electron chi connectivity index (χ1n) is 5.05. The van der Waals surface area contributed by atoms with E-state index in [-0.39, 0.29) is 11.9 Å². The smallest absolute Gasteiger partial charge is 0.268 e. The zero-order valence-corrected chi connectivity index (χ0v) is 12.1. The van der Waals surface area contributed by atoms with Crippen LogP contribution in [0.2, 0.25) is 0 Å². The molecule has 0 aliphatic carbocycles. The standard InChI is InChI=1S/C11H10BrN3O2S/c1-6-5-9(17-2)14-11(13-6)15-10(16)7-3-4-8(12)18-7/h3-5H,1-2H3,(H,13,14,15,16). The molecule has 2 heterocycles. The monoisotopic (exact) mass is 327 g/mol. The summed E-state index contributed by atoms with van der Waals surface area (Å²) in [6, 6.07) is 5.24. The molecular weight excluding hydrogens is 318 g/mol. The Hall–Kier alpha value is -1.47. The fraction of sp³-hybridized carbons (Fsp3) is 0.182. The number of methoxy groups -OCH3 is 1. The number of carbonyl (C=O) groups is 1. The molecule has 0 aliphatic rings. The number of thiophene rings is 1. The topological polar surface area (TPSA) is 64.1 Å². The molecule has 1 N–H and O–H groups in total. The van der Waals surface area contributed by atoms with Gasteiger partial charge in [0.15, 0.2) is 0 Å². The van der Waals surface area contributed by atoms with Crippen LogP contribution in [0.3, 0.4) is 0 Å². The number of hydrogen-bond acceptors (Lipinski definition) is 5. The van der Waals surface area contributed by atoms with Crippen LogP contribution in [0.15, 0.2) is 22.0 Å². The first-order valence-corrected chi connectivity index (χ1v) is 6.66. The lowest BCUT2D eigenvalue weighted by Crippen LogP contribution is -2.13. The fourth-order valence-electron chi connectivity index (χ4n) is 1.30. The largest absolute Gasteiger partial charge is 0.481 e. The predicted molar refractivity (Wildman–Crippen MR) is 73.3 cm³/mol. The second-order valence-electron chi connectivity index (χ2n) is 3.43. The van der Waals surface area contributed by atoms with Gasteiger partial charge in [0.2, 0.25) is 11.8 Å². The van der Waals surface area contributed by atoms with E-state index in [1.54, 1.807) is 12.1 Å². The number of halogens is 1. The first-order chi connectivity index (χ1) is 8.58. The van der Waals surface area contributed by atoms with Gasteiger partial charge in [0.05, 0.1) is 15.8 Å². The second-order valence-corrected chi connectivity index (χ2v) is 5.90. The van der Waals surface area contributed by atoms with Crippen LogP contribution in [-0.4, -0.2) is 23.0 Å². The highest BCUT2D eigenvalue weighted by molar-refractivity contribution is 9.11. The number of nitrogens with zero attached hydrogens (tertiary/aromatic N) is 2. The summed E-state index contributed by atoms with van der Waals surface area (Å²) in [5, 5.41) is 2.64. The van der Waals surface area contributed by atoms with Crippen LogP contribution < -0.4 is 10.1 Å². The normalized spacial score (nSPS) is 10.2. The lowest BCUT2D eigenvalue weighted by Gasteiger charge is -2.05. The van der Waals surface area contributed by atoms with Gasteiger partial charge in [-0.1, -0.05) is 0 Å². The zero-order valence-electron chi connectivity index (χ0n) is 9.73. The maximum atomic E-state index is 11.9. The van der Waals surface area contributed by atoms with Gasteiger partial charge in [0, 0.05) is 11.8 Å². The number of rotatable bonds is 3. The quantitative estimate of drug-likeness (QED) is 0.941. The number of nitrogens with one attached hydrogen (secondary N) is 1. The van der Waals surface area contributed by atoms with E-state index < -0.39 is 0 Å². The number of hydrogen-bond donors (Lipinski definition) is 1. The van der Waals surface area contributed by atoms with E-state index in [0.29, 0.717) is 10.8 Å². The molecule has 0 bridgehead atoms. The Bertz CT molecular complexity index is 585. The Morgan fingerprint density at radius 2 is 2.22 bits per heavy atom.